The summed E-state index contributed by atoms with van der Waals surface area (Å²) in [6, 6.07) is 14.3. The summed E-state index contributed by atoms with van der Waals surface area (Å²) in [6.07, 6.45) is -0.257. The first-order valence-corrected chi connectivity index (χ1v) is 10.8. The molecule has 7 nitrogen and oxygen atoms in total. The summed E-state index contributed by atoms with van der Waals surface area (Å²) in [5.74, 6) is -5.63. The van der Waals surface area contributed by atoms with Crippen LogP contribution in [0.4, 0.5) is 13.6 Å². The summed E-state index contributed by atoms with van der Waals surface area (Å²) >= 11 is 0. The van der Waals surface area contributed by atoms with Gasteiger partial charge < -0.3 is 20.1 Å². The number of aliphatic carboxylic acids is 1. The minimum absolute atomic E-state index is 0.0582. The van der Waals surface area contributed by atoms with E-state index in [4.69, 9.17) is 9.84 Å². The van der Waals surface area contributed by atoms with E-state index in [2.05, 4.69) is 5.32 Å². The molecule has 1 saturated heterocycles. The van der Waals surface area contributed by atoms with Crippen LogP contribution in [0, 0.1) is 0 Å². The van der Waals surface area contributed by atoms with Crippen LogP contribution in [-0.4, -0.2) is 59.6 Å². The highest BCUT2D eigenvalue weighted by atomic mass is 19.3. The Kier molecular flexibility index (Phi) is 6.37. The fraction of sp³-hybridized carbons (Fsp3) is 0.320. The van der Waals surface area contributed by atoms with E-state index in [0.717, 1.165) is 22.3 Å². The van der Waals surface area contributed by atoms with Crippen molar-refractivity contribution in [2.24, 2.45) is 0 Å². The van der Waals surface area contributed by atoms with E-state index in [0.29, 0.717) is 4.90 Å². The molecule has 2 N–H and O–H groups in total. The number of carboxylic acids is 1. The van der Waals surface area contributed by atoms with Crippen LogP contribution in [0.15, 0.2) is 60.2 Å². The third-order valence-corrected chi connectivity index (χ3v) is 6.15. The van der Waals surface area contributed by atoms with E-state index in [-0.39, 0.29) is 24.6 Å². The van der Waals surface area contributed by atoms with Gasteiger partial charge in [-0.15, -0.1) is 0 Å². The van der Waals surface area contributed by atoms with Gasteiger partial charge in [0.15, 0.2) is 0 Å². The molecule has 4 rings (SSSR count). The van der Waals surface area contributed by atoms with Gasteiger partial charge in [-0.2, -0.15) is 0 Å². The van der Waals surface area contributed by atoms with Crippen LogP contribution < -0.4 is 5.32 Å². The molecular weight excluding hydrogens is 446 g/mol. The second kappa shape index (κ2) is 9.24. The Bertz CT molecular complexity index is 1120. The standard InChI is InChI=1S/C25H24F2N2O5/c1-15(22(30)29-14-25(26,27)12-21(29)23(31)32)10-11-28-24(33)34-13-20-18-8-4-2-6-16(18)17-7-3-5-9-19(17)20/h2-10,20-21H,11-14H2,1H3,(H,28,33)(H,31,32)/b15-10+/t21-/m0/s1. The zero-order valence-electron chi connectivity index (χ0n) is 18.5. The van der Waals surface area contributed by atoms with Crippen molar-refractivity contribution in [3.63, 3.8) is 0 Å². The second-order valence-electron chi connectivity index (χ2n) is 8.44. The number of carbonyl (C=O) groups excluding carboxylic acids is 2. The lowest BCUT2D eigenvalue weighted by Crippen LogP contribution is -2.41. The third-order valence-electron chi connectivity index (χ3n) is 6.15. The summed E-state index contributed by atoms with van der Waals surface area (Å²) < 4.78 is 32.7. The van der Waals surface area contributed by atoms with E-state index in [1.807, 2.05) is 48.5 Å². The summed E-state index contributed by atoms with van der Waals surface area (Å²) in [7, 11) is 0. The Labute approximate surface area is 195 Å². The van der Waals surface area contributed by atoms with Crippen LogP contribution in [0.25, 0.3) is 11.1 Å². The predicted molar refractivity (Wildman–Crippen MR) is 120 cm³/mol. The Balaban J connectivity index is 1.32. The van der Waals surface area contributed by atoms with Gasteiger partial charge in [0.1, 0.15) is 12.6 Å². The monoisotopic (exact) mass is 470 g/mol. The van der Waals surface area contributed by atoms with Gasteiger partial charge in [-0.25, -0.2) is 18.4 Å². The number of fused-ring (bicyclic) bond motifs is 3. The number of hydrogen-bond donors (Lipinski definition) is 2. The average molecular weight is 470 g/mol. The van der Waals surface area contributed by atoms with Gasteiger partial charge >= 0.3 is 12.1 Å². The molecule has 1 heterocycles. The molecule has 1 aliphatic carbocycles. The van der Waals surface area contributed by atoms with Crippen molar-refractivity contribution in [1.82, 2.24) is 10.2 Å². The number of benzene rings is 2. The number of nitrogens with zero attached hydrogens (tertiary/aromatic N) is 1. The number of carbonyl (C=O) groups is 3. The van der Waals surface area contributed by atoms with Crippen molar-refractivity contribution in [3.05, 3.63) is 71.3 Å². The highest BCUT2D eigenvalue weighted by Crippen LogP contribution is 2.44. The van der Waals surface area contributed by atoms with Crippen molar-refractivity contribution in [2.45, 2.75) is 31.2 Å². The average Bonchev–Trinajstić information content (AvgIpc) is 3.31. The van der Waals surface area contributed by atoms with Crippen molar-refractivity contribution >= 4 is 18.0 Å². The molecule has 0 bridgehead atoms. The van der Waals surface area contributed by atoms with Crippen LogP contribution in [0.2, 0.25) is 0 Å². The number of nitrogens with one attached hydrogen (secondary N) is 1. The lowest BCUT2D eigenvalue weighted by molar-refractivity contribution is -0.146. The zero-order valence-corrected chi connectivity index (χ0v) is 18.5. The third kappa shape index (κ3) is 4.64. The smallest absolute Gasteiger partial charge is 0.407 e. The molecule has 1 fully saturated rings. The molecule has 0 saturated carbocycles. The SMILES string of the molecule is C/C(=C\CNC(=O)OCC1c2ccccc2-c2ccccc21)C(=O)N1CC(F)(F)C[C@H]1C(=O)O. The molecule has 2 aliphatic rings. The number of carboxylic acid groups (broad SMARTS) is 1. The van der Waals surface area contributed by atoms with Crippen LogP contribution in [0.1, 0.15) is 30.4 Å². The number of hydrogen-bond acceptors (Lipinski definition) is 4. The summed E-state index contributed by atoms with van der Waals surface area (Å²) in [5.41, 5.74) is 4.43. The van der Waals surface area contributed by atoms with Crippen LogP contribution in [0.5, 0.6) is 0 Å². The van der Waals surface area contributed by atoms with E-state index < -0.39 is 42.9 Å². The number of ether oxygens (including phenoxy) is 1. The summed E-state index contributed by atoms with van der Waals surface area (Å²) in [4.78, 5) is 36.6. The Hall–Kier alpha value is -3.75. The predicted octanol–water partition coefficient (Wildman–Crippen LogP) is 3.79. The fourth-order valence-corrected chi connectivity index (χ4v) is 4.50. The van der Waals surface area contributed by atoms with E-state index in [9.17, 15) is 23.2 Å². The minimum atomic E-state index is -3.25. The van der Waals surface area contributed by atoms with Gasteiger partial charge in [-0.05, 0) is 29.2 Å². The maximum absolute atomic E-state index is 13.6. The Morgan fingerprint density at radius 3 is 2.29 bits per heavy atom. The van der Waals surface area contributed by atoms with Crippen molar-refractivity contribution in [1.29, 1.82) is 0 Å². The number of halogens is 2. The van der Waals surface area contributed by atoms with Crippen LogP contribution in [0.3, 0.4) is 0 Å². The number of rotatable bonds is 6. The van der Waals surface area contributed by atoms with Crippen molar-refractivity contribution < 1.29 is 33.0 Å². The van der Waals surface area contributed by atoms with Gasteiger partial charge in [0.05, 0.1) is 6.54 Å². The van der Waals surface area contributed by atoms with Gasteiger partial charge in [0.2, 0.25) is 5.91 Å². The molecule has 9 heteroatoms. The topological polar surface area (TPSA) is 95.9 Å². The molecule has 2 amide bonds. The fourth-order valence-electron chi connectivity index (χ4n) is 4.50. The van der Waals surface area contributed by atoms with Gasteiger partial charge in [-0.1, -0.05) is 54.6 Å². The van der Waals surface area contributed by atoms with Crippen LogP contribution >= 0.6 is 0 Å². The highest BCUT2D eigenvalue weighted by Gasteiger charge is 2.50. The lowest BCUT2D eigenvalue weighted by atomic mass is 9.98. The van der Waals surface area contributed by atoms with Crippen molar-refractivity contribution in [2.75, 3.05) is 19.7 Å². The first-order chi connectivity index (χ1) is 16.2. The van der Waals surface area contributed by atoms with E-state index in [1.54, 1.807) is 0 Å². The minimum Gasteiger partial charge on any atom is -0.480 e. The number of likely N-dealkylation sites (tertiary alicyclic amines) is 1. The lowest BCUT2D eigenvalue weighted by Gasteiger charge is -2.21. The molecular formula is C25H24F2N2O5. The number of amides is 2. The molecule has 0 spiro atoms. The summed E-state index contributed by atoms with van der Waals surface area (Å²) in [5, 5.41) is 11.7. The molecule has 2 aromatic carbocycles. The Morgan fingerprint density at radius 1 is 1.12 bits per heavy atom. The highest BCUT2D eigenvalue weighted by molar-refractivity contribution is 5.96. The van der Waals surface area contributed by atoms with Gasteiger partial charge in [0, 0.05) is 24.5 Å². The first-order valence-electron chi connectivity index (χ1n) is 10.8. The normalized spacial score (nSPS) is 18.9. The molecule has 0 aromatic heterocycles. The van der Waals surface area contributed by atoms with Crippen molar-refractivity contribution in [3.8, 4) is 11.1 Å². The number of alkyl halides is 2. The number of alkyl carbamates (subject to hydrolysis) is 1. The first kappa shape index (κ1) is 23.4. The van der Waals surface area contributed by atoms with E-state index >= 15 is 0 Å². The summed E-state index contributed by atoms with van der Waals surface area (Å²) in [6.45, 7) is 0.492. The largest absolute Gasteiger partial charge is 0.480 e. The molecule has 1 atom stereocenters. The second-order valence-corrected chi connectivity index (χ2v) is 8.44. The molecule has 0 unspecified atom stereocenters. The quantitative estimate of drug-likeness (QED) is 0.627. The zero-order chi connectivity index (χ0) is 24.5. The molecule has 178 valence electrons. The Morgan fingerprint density at radius 2 is 1.71 bits per heavy atom. The molecule has 34 heavy (non-hydrogen) atoms. The molecule has 1 aliphatic heterocycles. The molecule has 2 aromatic rings. The van der Waals surface area contributed by atoms with E-state index in [1.165, 1.54) is 13.0 Å². The van der Waals surface area contributed by atoms with Gasteiger partial charge in [-0.3, -0.25) is 4.79 Å². The molecule has 0 radical (unpaired) electrons. The van der Waals surface area contributed by atoms with Gasteiger partial charge in [0.25, 0.3) is 5.92 Å². The maximum atomic E-state index is 13.6. The van der Waals surface area contributed by atoms with Crippen LogP contribution in [-0.2, 0) is 14.3 Å². The maximum Gasteiger partial charge on any atom is 0.407 e.